The van der Waals surface area contributed by atoms with Crippen molar-refractivity contribution in [3.05, 3.63) is 53.1 Å². The molecule has 0 unspecified atom stereocenters. The summed E-state index contributed by atoms with van der Waals surface area (Å²) in [5, 5.41) is 18.3. The van der Waals surface area contributed by atoms with Crippen LogP contribution in [0.15, 0.2) is 40.8 Å². The van der Waals surface area contributed by atoms with E-state index in [1.807, 2.05) is 45.0 Å². The molecule has 1 atom stereocenters. The highest BCUT2D eigenvalue weighted by atomic mass is 16.5. The standard InChI is InChI=1S/C24H28N2O3/c1-15(2)28-21-8-7-18(11-16(21)3)22-25-26-23(29-22)19-6-5-17-9-10-24(4,14-27)13-20(17)12-19/h5-8,11-12,15,27H,9-10,13-14H2,1-4H3/t24-/m1/s1. The number of hydrogen-bond acceptors (Lipinski definition) is 5. The Hall–Kier alpha value is -2.66. The van der Waals surface area contributed by atoms with Gasteiger partial charge in [-0.1, -0.05) is 13.0 Å². The van der Waals surface area contributed by atoms with E-state index in [4.69, 9.17) is 9.15 Å². The highest BCUT2D eigenvalue weighted by Gasteiger charge is 2.29. The number of aliphatic hydroxyl groups excluding tert-OH is 1. The second-order valence-electron chi connectivity index (χ2n) is 8.69. The van der Waals surface area contributed by atoms with Crippen molar-refractivity contribution in [2.45, 2.75) is 53.1 Å². The Morgan fingerprint density at radius 2 is 1.76 bits per heavy atom. The Bertz CT molecular complexity index is 1020. The smallest absolute Gasteiger partial charge is 0.248 e. The molecule has 0 fully saturated rings. The van der Waals surface area contributed by atoms with E-state index in [0.29, 0.717) is 11.8 Å². The first-order valence-electron chi connectivity index (χ1n) is 10.2. The molecule has 152 valence electrons. The Morgan fingerprint density at radius 3 is 2.41 bits per heavy atom. The van der Waals surface area contributed by atoms with Crippen molar-refractivity contribution < 1.29 is 14.3 Å². The van der Waals surface area contributed by atoms with E-state index >= 15 is 0 Å². The number of benzene rings is 2. The number of nitrogens with zero attached hydrogens (tertiary/aromatic N) is 2. The molecule has 5 nitrogen and oxygen atoms in total. The van der Waals surface area contributed by atoms with Crippen LogP contribution in [0.25, 0.3) is 22.9 Å². The molecule has 4 rings (SSSR count). The fourth-order valence-corrected chi connectivity index (χ4v) is 3.91. The van der Waals surface area contributed by atoms with Crippen LogP contribution < -0.4 is 4.74 Å². The number of ether oxygens (including phenoxy) is 1. The fourth-order valence-electron chi connectivity index (χ4n) is 3.91. The number of aromatic nitrogens is 2. The lowest BCUT2D eigenvalue weighted by Gasteiger charge is -2.33. The zero-order valence-corrected chi connectivity index (χ0v) is 17.5. The third-order valence-electron chi connectivity index (χ3n) is 5.66. The van der Waals surface area contributed by atoms with E-state index in [2.05, 4.69) is 29.3 Å². The van der Waals surface area contributed by atoms with Crippen LogP contribution in [0.1, 0.15) is 43.9 Å². The Balaban J connectivity index is 1.60. The number of fused-ring (bicyclic) bond motifs is 1. The summed E-state index contributed by atoms with van der Waals surface area (Å²) >= 11 is 0. The lowest BCUT2D eigenvalue weighted by Crippen LogP contribution is -2.29. The highest BCUT2D eigenvalue weighted by Crippen LogP contribution is 2.37. The summed E-state index contributed by atoms with van der Waals surface area (Å²) in [5.74, 6) is 1.88. The summed E-state index contributed by atoms with van der Waals surface area (Å²) in [6, 6.07) is 12.2. The molecule has 0 amide bonds. The molecule has 1 aliphatic rings. The van der Waals surface area contributed by atoms with Gasteiger partial charge in [0.15, 0.2) is 0 Å². The summed E-state index contributed by atoms with van der Waals surface area (Å²) in [5.41, 5.74) is 5.38. The molecule has 1 aromatic heterocycles. The van der Waals surface area contributed by atoms with Gasteiger partial charge in [0.05, 0.1) is 6.10 Å². The Kier molecular flexibility index (Phi) is 5.17. The van der Waals surface area contributed by atoms with E-state index in [9.17, 15) is 5.11 Å². The van der Waals surface area contributed by atoms with Crippen molar-refractivity contribution in [1.82, 2.24) is 10.2 Å². The quantitative estimate of drug-likeness (QED) is 0.663. The summed E-state index contributed by atoms with van der Waals surface area (Å²) < 4.78 is 11.8. The van der Waals surface area contributed by atoms with Crippen LogP contribution in [0, 0.1) is 12.3 Å². The normalized spacial score (nSPS) is 18.7. The molecule has 0 radical (unpaired) electrons. The molecule has 1 N–H and O–H groups in total. The van der Waals surface area contributed by atoms with E-state index in [1.54, 1.807) is 0 Å². The van der Waals surface area contributed by atoms with Gasteiger partial charge >= 0.3 is 0 Å². The molecular weight excluding hydrogens is 364 g/mol. The molecule has 3 aromatic rings. The highest BCUT2D eigenvalue weighted by molar-refractivity contribution is 5.61. The van der Waals surface area contributed by atoms with Crippen LogP contribution in [0.3, 0.4) is 0 Å². The first kappa shape index (κ1) is 19.6. The average Bonchev–Trinajstić information content (AvgIpc) is 3.19. The van der Waals surface area contributed by atoms with Gasteiger partial charge in [0.2, 0.25) is 11.8 Å². The third-order valence-corrected chi connectivity index (χ3v) is 5.66. The van der Waals surface area contributed by atoms with Crippen LogP contribution in [0.2, 0.25) is 0 Å². The van der Waals surface area contributed by atoms with Crippen molar-refractivity contribution in [1.29, 1.82) is 0 Å². The first-order valence-corrected chi connectivity index (χ1v) is 10.2. The van der Waals surface area contributed by atoms with Gasteiger partial charge in [0, 0.05) is 17.7 Å². The van der Waals surface area contributed by atoms with Gasteiger partial charge in [-0.3, -0.25) is 0 Å². The van der Waals surface area contributed by atoms with Crippen molar-refractivity contribution in [2.24, 2.45) is 5.41 Å². The van der Waals surface area contributed by atoms with Gasteiger partial charge in [0.1, 0.15) is 5.75 Å². The molecule has 0 bridgehead atoms. The minimum absolute atomic E-state index is 0.0526. The minimum atomic E-state index is -0.0526. The van der Waals surface area contributed by atoms with E-state index in [-0.39, 0.29) is 18.1 Å². The van der Waals surface area contributed by atoms with E-state index in [0.717, 1.165) is 41.7 Å². The topological polar surface area (TPSA) is 68.4 Å². The van der Waals surface area contributed by atoms with E-state index in [1.165, 1.54) is 11.1 Å². The summed E-state index contributed by atoms with van der Waals surface area (Å²) in [6.45, 7) is 8.39. The maximum atomic E-state index is 9.73. The van der Waals surface area contributed by atoms with Crippen LogP contribution in [0.4, 0.5) is 0 Å². The number of rotatable bonds is 5. The lowest BCUT2D eigenvalue weighted by molar-refractivity contribution is 0.127. The van der Waals surface area contributed by atoms with Gasteiger partial charge < -0.3 is 14.3 Å². The SMILES string of the molecule is Cc1cc(-c2nnc(-c3ccc4c(c3)C[C@](C)(CO)CC4)o2)ccc1OC(C)C. The van der Waals surface area contributed by atoms with Crippen molar-refractivity contribution in [2.75, 3.05) is 6.61 Å². The van der Waals surface area contributed by atoms with Crippen molar-refractivity contribution >= 4 is 0 Å². The molecule has 5 heteroatoms. The number of aliphatic hydroxyl groups is 1. The van der Waals surface area contributed by atoms with Gasteiger partial charge in [-0.05, 0) is 92.5 Å². The van der Waals surface area contributed by atoms with E-state index < -0.39 is 0 Å². The van der Waals surface area contributed by atoms with Crippen LogP contribution in [-0.4, -0.2) is 28.0 Å². The molecule has 0 spiro atoms. The first-order chi connectivity index (χ1) is 13.9. The molecule has 2 aromatic carbocycles. The monoisotopic (exact) mass is 392 g/mol. The largest absolute Gasteiger partial charge is 0.491 e. The summed E-state index contributed by atoms with van der Waals surface area (Å²) in [6.07, 6.45) is 3.00. The van der Waals surface area contributed by atoms with Crippen LogP contribution >= 0.6 is 0 Å². The van der Waals surface area contributed by atoms with Gasteiger partial charge in [-0.15, -0.1) is 10.2 Å². The second-order valence-corrected chi connectivity index (χ2v) is 8.69. The predicted octanol–water partition coefficient (Wildman–Crippen LogP) is 4.99. The van der Waals surface area contributed by atoms with Crippen molar-refractivity contribution in [3.8, 4) is 28.7 Å². The van der Waals surface area contributed by atoms with Crippen molar-refractivity contribution in [3.63, 3.8) is 0 Å². The molecule has 0 aliphatic heterocycles. The summed E-state index contributed by atoms with van der Waals surface area (Å²) in [4.78, 5) is 0. The molecule has 0 saturated heterocycles. The third kappa shape index (κ3) is 4.06. The minimum Gasteiger partial charge on any atom is -0.491 e. The summed E-state index contributed by atoms with van der Waals surface area (Å²) in [7, 11) is 0. The molecule has 1 aliphatic carbocycles. The maximum absolute atomic E-state index is 9.73. The fraction of sp³-hybridized carbons (Fsp3) is 0.417. The molecule has 1 heterocycles. The lowest BCUT2D eigenvalue weighted by atomic mass is 9.73. The molecular formula is C24H28N2O3. The van der Waals surface area contributed by atoms with Gasteiger partial charge in [-0.25, -0.2) is 0 Å². The number of hydrogen-bond donors (Lipinski definition) is 1. The average molecular weight is 392 g/mol. The zero-order valence-electron chi connectivity index (χ0n) is 17.5. The van der Waals surface area contributed by atoms with Crippen LogP contribution in [-0.2, 0) is 12.8 Å². The van der Waals surface area contributed by atoms with Gasteiger partial charge in [-0.2, -0.15) is 0 Å². The molecule has 0 saturated carbocycles. The van der Waals surface area contributed by atoms with Gasteiger partial charge in [0.25, 0.3) is 0 Å². The zero-order chi connectivity index (χ0) is 20.6. The predicted molar refractivity (Wildman–Crippen MR) is 113 cm³/mol. The Morgan fingerprint density at radius 1 is 1.07 bits per heavy atom. The number of aryl methyl sites for hydroxylation is 2. The molecule has 29 heavy (non-hydrogen) atoms. The van der Waals surface area contributed by atoms with Crippen LogP contribution in [0.5, 0.6) is 5.75 Å². The Labute approximate surface area is 171 Å². The maximum Gasteiger partial charge on any atom is 0.248 e. The second kappa shape index (κ2) is 7.64.